The van der Waals surface area contributed by atoms with Crippen LogP contribution in [0.15, 0.2) is 10.7 Å². The molecule has 1 aromatic rings. The number of hydrogen-bond acceptors (Lipinski definition) is 6. The summed E-state index contributed by atoms with van der Waals surface area (Å²) in [5.74, 6) is -1.36. The molecule has 1 heterocycles. The van der Waals surface area contributed by atoms with E-state index in [1.54, 1.807) is 6.92 Å². The molecule has 0 aliphatic heterocycles. The topological polar surface area (TPSA) is 102 Å². The van der Waals surface area contributed by atoms with Crippen LogP contribution in [0.4, 0.5) is 6.01 Å². The number of carbonyl (C=O) groups excluding carboxylic acids is 1. The summed E-state index contributed by atoms with van der Waals surface area (Å²) in [6.07, 6.45) is 4.30. The number of rotatable bonds is 6. The molecule has 1 aliphatic rings. The first kappa shape index (κ1) is 14.4. The Hall–Kier alpha value is -2.05. The summed E-state index contributed by atoms with van der Waals surface area (Å²) in [5, 5.41) is 12.2. The molecule has 1 aliphatic carbocycles. The van der Waals surface area contributed by atoms with Crippen LogP contribution in [0.2, 0.25) is 0 Å². The van der Waals surface area contributed by atoms with E-state index < -0.39 is 17.4 Å². The number of aliphatic carboxylic acids is 1. The lowest BCUT2D eigenvalue weighted by molar-refractivity contribution is -0.147. The minimum absolute atomic E-state index is 0.0742. The molecule has 0 spiro atoms. The molecule has 0 bridgehead atoms. The molecule has 2 N–H and O–H groups in total. The van der Waals surface area contributed by atoms with Crippen LogP contribution in [0, 0.1) is 5.41 Å². The third-order valence-electron chi connectivity index (χ3n) is 3.58. The third kappa shape index (κ3) is 2.92. The lowest BCUT2D eigenvalue weighted by Crippen LogP contribution is -2.35. The molecule has 1 saturated carbocycles. The van der Waals surface area contributed by atoms with Crippen LogP contribution in [-0.2, 0) is 9.53 Å². The standard InChI is InChI=1S/C13H18N2O5/c1-2-19-10(16)9-7-20-12(15-9)14-8-13(11(17)18)5-3-4-6-13/h7H,2-6,8H2,1H3,(H,14,15)(H,17,18). The van der Waals surface area contributed by atoms with Gasteiger partial charge >= 0.3 is 11.9 Å². The molecular weight excluding hydrogens is 264 g/mol. The lowest BCUT2D eigenvalue weighted by atomic mass is 9.86. The highest BCUT2D eigenvalue weighted by molar-refractivity contribution is 5.87. The van der Waals surface area contributed by atoms with E-state index in [9.17, 15) is 14.7 Å². The molecule has 7 heteroatoms. The van der Waals surface area contributed by atoms with Crippen molar-refractivity contribution in [2.24, 2.45) is 5.41 Å². The Labute approximate surface area is 116 Å². The highest BCUT2D eigenvalue weighted by atomic mass is 16.5. The third-order valence-corrected chi connectivity index (χ3v) is 3.58. The molecule has 110 valence electrons. The van der Waals surface area contributed by atoms with Gasteiger partial charge in [0, 0.05) is 6.54 Å². The van der Waals surface area contributed by atoms with Gasteiger partial charge < -0.3 is 19.6 Å². The maximum atomic E-state index is 11.4. The zero-order valence-corrected chi connectivity index (χ0v) is 11.3. The van der Waals surface area contributed by atoms with Crippen molar-refractivity contribution in [2.75, 3.05) is 18.5 Å². The Bertz CT molecular complexity index is 491. The monoisotopic (exact) mass is 282 g/mol. The van der Waals surface area contributed by atoms with Gasteiger partial charge in [0.25, 0.3) is 6.01 Å². The number of oxazole rings is 1. The number of anilines is 1. The molecule has 0 saturated heterocycles. The molecule has 0 amide bonds. The molecule has 0 atom stereocenters. The number of nitrogens with one attached hydrogen (secondary N) is 1. The zero-order valence-electron chi connectivity index (χ0n) is 11.3. The van der Waals surface area contributed by atoms with Crippen LogP contribution >= 0.6 is 0 Å². The molecule has 1 fully saturated rings. The number of carbonyl (C=O) groups is 2. The molecular formula is C13H18N2O5. The average Bonchev–Trinajstić information content (AvgIpc) is 3.07. The summed E-state index contributed by atoms with van der Waals surface area (Å²) < 4.78 is 9.89. The number of ether oxygens (including phenoxy) is 1. The fourth-order valence-electron chi connectivity index (χ4n) is 2.42. The van der Waals surface area contributed by atoms with E-state index in [-0.39, 0.29) is 24.9 Å². The summed E-state index contributed by atoms with van der Waals surface area (Å²) in [6.45, 7) is 2.20. The van der Waals surface area contributed by atoms with E-state index in [2.05, 4.69) is 10.3 Å². The predicted octanol–water partition coefficient (Wildman–Crippen LogP) is 1.91. The maximum Gasteiger partial charge on any atom is 0.360 e. The first-order chi connectivity index (χ1) is 9.57. The van der Waals surface area contributed by atoms with Crippen molar-refractivity contribution >= 4 is 18.0 Å². The van der Waals surface area contributed by atoms with Gasteiger partial charge in [0.2, 0.25) is 0 Å². The van der Waals surface area contributed by atoms with E-state index in [1.165, 1.54) is 6.26 Å². The van der Waals surface area contributed by atoms with Gasteiger partial charge in [0.05, 0.1) is 12.0 Å². The molecule has 1 aromatic heterocycles. The fourth-order valence-corrected chi connectivity index (χ4v) is 2.42. The molecule has 2 rings (SSSR count). The zero-order chi connectivity index (χ0) is 14.6. The van der Waals surface area contributed by atoms with E-state index >= 15 is 0 Å². The van der Waals surface area contributed by atoms with Crippen molar-refractivity contribution in [2.45, 2.75) is 32.6 Å². The van der Waals surface area contributed by atoms with Crippen molar-refractivity contribution in [3.8, 4) is 0 Å². The van der Waals surface area contributed by atoms with Crippen LogP contribution in [-0.4, -0.2) is 35.2 Å². The highest BCUT2D eigenvalue weighted by Gasteiger charge is 2.41. The Morgan fingerprint density at radius 3 is 2.80 bits per heavy atom. The van der Waals surface area contributed by atoms with Crippen molar-refractivity contribution in [1.82, 2.24) is 4.98 Å². The van der Waals surface area contributed by atoms with E-state index in [0.717, 1.165) is 12.8 Å². The summed E-state index contributed by atoms with van der Waals surface area (Å²) in [4.78, 5) is 26.7. The van der Waals surface area contributed by atoms with Gasteiger partial charge in [-0.3, -0.25) is 4.79 Å². The smallest absolute Gasteiger partial charge is 0.360 e. The highest BCUT2D eigenvalue weighted by Crippen LogP contribution is 2.38. The van der Waals surface area contributed by atoms with Crippen LogP contribution in [0.25, 0.3) is 0 Å². The van der Waals surface area contributed by atoms with Crippen LogP contribution in [0.1, 0.15) is 43.1 Å². The van der Waals surface area contributed by atoms with Gasteiger partial charge in [-0.05, 0) is 19.8 Å². The van der Waals surface area contributed by atoms with Crippen LogP contribution in [0.3, 0.4) is 0 Å². The van der Waals surface area contributed by atoms with Crippen molar-refractivity contribution in [1.29, 1.82) is 0 Å². The molecule has 0 unspecified atom stereocenters. The summed E-state index contributed by atoms with van der Waals surface area (Å²) in [7, 11) is 0. The molecule has 7 nitrogen and oxygen atoms in total. The van der Waals surface area contributed by atoms with Gasteiger partial charge in [-0.2, -0.15) is 4.98 Å². The van der Waals surface area contributed by atoms with Gasteiger partial charge in [0.15, 0.2) is 5.69 Å². The largest absolute Gasteiger partial charge is 0.481 e. The Balaban J connectivity index is 1.97. The summed E-state index contributed by atoms with van der Waals surface area (Å²) >= 11 is 0. The number of nitrogens with zero attached hydrogens (tertiary/aromatic N) is 1. The first-order valence-corrected chi connectivity index (χ1v) is 6.67. The lowest BCUT2D eigenvalue weighted by Gasteiger charge is -2.23. The second-order valence-electron chi connectivity index (χ2n) is 4.90. The maximum absolute atomic E-state index is 11.4. The average molecular weight is 282 g/mol. The second-order valence-corrected chi connectivity index (χ2v) is 4.90. The number of hydrogen-bond donors (Lipinski definition) is 2. The quantitative estimate of drug-likeness (QED) is 0.768. The van der Waals surface area contributed by atoms with Crippen LogP contribution in [0.5, 0.6) is 0 Å². The van der Waals surface area contributed by atoms with E-state index in [4.69, 9.17) is 9.15 Å². The van der Waals surface area contributed by atoms with Gasteiger partial charge in [0.1, 0.15) is 6.26 Å². The van der Waals surface area contributed by atoms with Gasteiger partial charge in [-0.15, -0.1) is 0 Å². The number of aromatic nitrogens is 1. The summed E-state index contributed by atoms with van der Waals surface area (Å²) in [5.41, 5.74) is -0.691. The number of carboxylic acid groups (broad SMARTS) is 1. The minimum atomic E-state index is -0.806. The number of carboxylic acids is 1. The van der Waals surface area contributed by atoms with E-state index in [0.29, 0.717) is 12.8 Å². The Morgan fingerprint density at radius 2 is 2.20 bits per heavy atom. The second kappa shape index (κ2) is 5.94. The predicted molar refractivity (Wildman–Crippen MR) is 69.5 cm³/mol. The Kier molecular flexibility index (Phi) is 4.26. The van der Waals surface area contributed by atoms with E-state index in [1.807, 2.05) is 0 Å². The molecule has 0 aromatic carbocycles. The van der Waals surface area contributed by atoms with Crippen molar-refractivity contribution in [3.05, 3.63) is 12.0 Å². The van der Waals surface area contributed by atoms with Gasteiger partial charge in [-0.1, -0.05) is 12.8 Å². The molecule has 0 radical (unpaired) electrons. The van der Waals surface area contributed by atoms with Crippen molar-refractivity contribution in [3.63, 3.8) is 0 Å². The molecule has 20 heavy (non-hydrogen) atoms. The number of esters is 1. The van der Waals surface area contributed by atoms with Crippen LogP contribution < -0.4 is 5.32 Å². The Morgan fingerprint density at radius 1 is 1.50 bits per heavy atom. The van der Waals surface area contributed by atoms with Gasteiger partial charge in [-0.25, -0.2) is 4.79 Å². The van der Waals surface area contributed by atoms with Crippen molar-refractivity contribution < 1.29 is 23.8 Å². The fraction of sp³-hybridized carbons (Fsp3) is 0.615. The summed E-state index contributed by atoms with van der Waals surface area (Å²) in [6, 6.07) is 0.139. The normalized spacial score (nSPS) is 16.9. The minimum Gasteiger partial charge on any atom is -0.481 e. The first-order valence-electron chi connectivity index (χ1n) is 6.67. The SMILES string of the molecule is CCOC(=O)c1coc(NCC2(C(=O)O)CCCC2)n1.